The van der Waals surface area contributed by atoms with Crippen LogP contribution in [0.4, 0.5) is 0 Å². The third-order valence-corrected chi connectivity index (χ3v) is 7.41. The fraction of sp³-hybridized carbons (Fsp3) is 0.684. The first-order valence-corrected chi connectivity index (χ1v) is 11.4. The van der Waals surface area contributed by atoms with Crippen molar-refractivity contribution in [2.24, 2.45) is 0 Å². The summed E-state index contributed by atoms with van der Waals surface area (Å²) >= 11 is 0. The van der Waals surface area contributed by atoms with Crippen molar-refractivity contribution in [3.05, 3.63) is 29.6 Å². The summed E-state index contributed by atoms with van der Waals surface area (Å²) in [5, 5.41) is 0. The maximum atomic E-state index is 12.6. The van der Waals surface area contributed by atoms with Gasteiger partial charge in [0.1, 0.15) is 0 Å². The lowest BCUT2D eigenvalue weighted by molar-refractivity contribution is 0.0436. The normalized spacial score (nSPS) is 19.3. The monoisotopic (exact) mass is 394 g/mol. The van der Waals surface area contributed by atoms with E-state index < -0.39 is 10.0 Å². The number of likely N-dealkylation sites (tertiary alicyclic amines) is 2. The van der Waals surface area contributed by atoms with Crippen LogP contribution >= 0.6 is 0 Å². The van der Waals surface area contributed by atoms with Gasteiger partial charge in [-0.3, -0.25) is 9.78 Å². The van der Waals surface area contributed by atoms with E-state index >= 15 is 0 Å². The van der Waals surface area contributed by atoms with E-state index in [4.69, 9.17) is 0 Å². The van der Waals surface area contributed by atoms with Gasteiger partial charge in [-0.15, -0.1) is 0 Å². The van der Waals surface area contributed by atoms with Gasteiger partial charge in [-0.05, 0) is 51.4 Å². The van der Waals surface area contributed by atoms with Gasteiger partial charge in [0.25, 0.3) is 5.91 Å². The lowest BCUT2D eigenvalue weighted by Crippen LogP contribution is -2.63. The molecule has 0 unspecified atom stereocenters. The van der Waals surface area contributed by atoms with E-state index in [9.17, 15) is 13.2 Å². The smallest absolute Gasteiger partial charge is 0.255 e. The van der Waals surface area contributed by atoms with Gasteiger partial charge in [0.2, 0.25) is 10.0 Å². The summed E-state index contributed by atoms with van der Waals surface area (Å²) in [4.78, 5) is 20.7. The number of aromatic nitrogens is 1. The molecular formula is C19H30N4O3S. The van der Waals surface area contributed by atoms with Crippen LogP contribution in [0.3, 0.4) is 0 Å². The Morgan fingerprint density at radius 2 is 1.93 bits per heavy atom. The average molecular weight is 395 g/mol. The molecule has 7 nitrogen and oxygen atoms in total. The maximum absolute atomic E-state index is 12.6. The molecular weight excluding hydrogens is 364 g/mol. The van der Waals surface area contributed by atoms with Crippen LogP contribution < -0.4 is 0 Å². The second-order valence-electron chi connectivity index (χ2n) is 7.53. The summed E-state index contributed by atoms with van der Waals surface area (Å²) in [6.07, 6.45) is 6.93. The molecule has 150 valence electrons. The van der Waals surface area contributed by atoms with Gasteiger partial charge >= 0.3 is 0 Å². The van der Waals surface area contributed by atoms with E-state index in [0.717, 1.165) is 25.2 Å². The SMILES string of the molecule is CCS(=O)(=O)N(CCN1CCCCC1)C1CN(C(=O)c2cncc(C)c2)C1. The molecule has 27 heavy (non-hydrogen) atoms. The largest absolute Gasteiger partial charge is 0.335 e. The van der Waals surface area contributed by atoms with Crippen LogP contribution in [0, 0.1) is 6.92 Å². The van der Waals surface area contributed by atoms with Crippen molar-refractivity contribution in [1.29, 1.82) is 0 Å². The van der Waals surface area contributed by atoms with E-state index in [1.165, 1.54) is 19.3 Å². The maximum Gasteiger partial charge on any atom is 0.255 e. The van der Waals surface area contributed by atoms with E-state index in [1.54, 1.807) is 28.5 Å². The van der Waals surface area contributed by atoms with Crippen molar-refractivity contribution in [1.82, 2.24) is 19.1 Å². The molecule has 0 bridgehead atoms. The van der Waals surface area contributed by atoms with Crippen LogP contribution in [0.1, 0.15) is 42.1 Å². The zero-order chi connectivity index (χ0) is 19.4. The molecule has 0 aliphatic carbocycles. The van der Waals surface area contributed by atoms with Crippen LogP contribution in [-0.4, -0.2) is 84.5 Å². The molecule has 3 heterocycles. The summed E-state index contributed by atoms with van der Waals surface area (Å²) < 4.78 is 26.8. The molecule has 2 aliphatic heterocycles. The highest BCUT2D eigenvalue weighted by atomic mass is 32.2. The predicted molar refractivity (Wildman–Crippen MR) is 105 cm³/mol. The molecule has 0 radical (unpaired) electrons. The first-order chi connectivity index (χ1) is 12.9. The minimum Gasteiger partial charge on any atom is -0.335 e. The molecule has 2 saturated heterocycles. The lowest BCUT2D eigenvalue weighted by Gasteiger charge is -2.45. The number of hydrogen-bond donors (Lipinski definition) is 0. The van der Waals surface area contributed by atoms with E-state index in [0.29, 0.717) is 25.2 Å². The van der Waals surface area contributed by atoms with Crippen molar-refractivity contribution >= 4 is 15.9 Å². The minimum atomic E-state index is -3.29. The fourth-order valence-electron chi connectivity index (χ4n) is 3.80. The molecule has 2 aliphatic rings. The van der Waals surface area contributed by atoms with E-state index in [2.05, 4.69) is 9.88 Å². The van der Waals surface area contributed by atoms with Crippen LogP contribution in [0.5, 0.6) is 0 Å². The fourth-order valence-corrected chi connectivity index (χ4v) is 5.07. The Labute approximate surface area is 162 Å². The Morgan fingerprint density at radius 1 is 1.22 bits per heavy atom. The van der Waals surface area contributed by atoms with Crippen LogP contribution in [0.2, 0.25) is 0 Å². The van der Waals surface area contributed by atoms with Crippen LogP contribution in [0.15, 0.2) is 18.5 Å². The van der Waals surface area contributed by atoms with Gasteiger partial charge in [-0.1, -0.05) is 6.42 Å². The second-order valence-corrected chi connectivity index (χ2v) is 9.74. The molecule has 1 aromatic heterocycles. The standard InChI is InChI=1S/C19H30N4O3S/c1-3-27(25,26)23(10-9-21-7-5-4-6-8-21)18-14-22(15-18)19(24)17-11-16(2)12-20-13-17/h11-13,18H,3-10,14-15H2,1-2H3. The summed E-state index contributed by atoms with van der Waals surface area (Å²) in [6, 6.07) is 1.70. The number of amides is 1. The quantitative estimate of drug-likeness (QED) is 0.698. The Hall–Kier alpha value is -1.51. The number of sulfonamides is 1. The molecule has 8 heteroatoms. The Kier molecular flexibility index (Phi) is 6.49. The van der Waals surface area contributed by atoms with Gasteiger partial charge in [-0.25, -0.2) is 8.42 Å². The van der Waals surface area contributed by atoms with Crippen LogP contribution in [-0.2, 0) is 10.0 Å². The highest BCUT2D eigenvalue weighted by molar-refractivity contribution is 7.89. The first kappa shape index (κ1) is 20.2. The molecule has 1 aromatic rings. The molecule has 0 saturated carbocycles. The minimum absolute atomic E-state index is 0.0765. The number of aryl methyl sites for hydroxylation is 1. The van der Waals surface area contributed by atoms with E-state index in [-0.39, 0.29) is 17.7 Å². The highest BCUT2D eigenvalue weighted by Gasteiger charge is 2.39. The zero-order valence-electron chi connectivity index (χ0n) is 16.3. The van der Waals surface area contributed by atoms with Crippen LogP contribution in [0.25, 0.3) is 0 Å². The number of rotatable bonds is 7. The summed E-state index contributed by atoms with van der Waals surface area (Å²) in [5.74, 6) is 0.0199. The van der Waals surface area contributed by atoms with Gasteiger partial charge in [0.15, 0.2) is 0 Å². The van der Waals surface area contributed by atoms with Crippen molar-refractivity contribution in [3.8, 4) is 0 Å². The molecule has 0 spiro atoms. The summed E-state index contributed by atoms with van der Waals surface area (Å²) in [5.41, 5.74) is 1.50. The number of pyridine rings is 1. The Morgan fingerprint density at radius 3 is 2.56 bits per heavy atom. The molecule has 2 fully saturated rings. The zero-order valence-corrected chi connectivity index (χ0v) is 17.1. The number of nitrogens with zero attached hydrogens (tertiary/aromatic N) is 4. The number of carbonyl (C=O) groups excluding carboxylic acids is 1. The topological polar surface area (TPSA) is 73.8 Å². The van der Waals surface area contributed by atoms with E-state index in [1.807, 2.05) is 13.0 Å². The predicted octanol–water partition coefficient (Wildman–Crippen LogP) is 1.35. The highest BCUT2D eigenvalue weighted by Crippen LogP contribution is 2.21. The first-order valence-electron chi connectivity index (χ1n) is 9.83. The number of carbonyl (C=O) groups is 1. The van der Waals surface area contributed by atoms with Crippen molar-refractivity contribution in [2.75, 3.05) is 45.0 Å². The van der Waals surface area contributed by atoms with Gasteiger partial charge in [0, 0.05) is 38.6 Å². The molecule has 3 rings (SSSR count). The van der Waals surface area contributed by atoms with Gasteiger partial charge < -0.3 is 9.80 Å². The van der Waals surface area contributed by atoms with Crippen molar-refractivity contribution in [2.45, 2.75) is 39.2 Å². The second kappa shape index (κ2) is 8.67. The Bertz CT molecular complexity index is 756. The third-order valence-electron chi connectivity index (χ3n) is 5.49. The molecule has 0 atom stereocenters. The average Bonchev–Trinajstić information content (AvgIpc) is 2.63. The summed E-state index contributed by atoms with van der Waals surface area (Å²) in [6.45, 7) is 7.87. The Balaban J connectivity index is 1.60. The number of piperidine rings is 1. The third kappa shape index (κ3) is 4.86. The lowest BCUT2D eigenvalue weighted by atomic mass is 10.1. The van der Waals surface area contributed by atoms with Crippen molar-refractivity contribution < 1.29 is 13.2 Å². The van der Waals surface area contributed by atoms with Gasteiger partial charge in [0.05, 0.1) is 17.4 Å². The molecule has 0 N–H and O–H groups in total. The molecule has 0 aromatic carbocycles. The summed E-state index contributed by atoms with van der Waals surface area (Å²) in [7, 11) is -3.29. The number of hydrogen-bond acceptors (Lipinski definition) is 5. The van der Waals surface area contributed by atoms with Gasteiger partial charge in [-0.2, -0.15) is 4.31 Å². The molecule has 1 amide bonds. The van der Waals surface area contributed by atoms with Crippen molar-refractivity contribution in [3.63, 3.8) is 0 Å².